The lowest BCUT2D eigenvalue weighted by molar-refractivity contribution is -0.131. The number of rotatable bonds is 5. The Bertz CT molecular complexity index is 796. The van der Waals surface area contributed by atoms with Gasteiger partial charge in [0.25, 0.3) is 5.91 Å². The van der Waals surface area contributed by atoms with Crippen molar-refractivity contribution in [2.45, 2.75) is 46.1 Å². The molecular formula is C22H26N2O2. The van der Waals surface area contributed by atoms with E-state index in [1.807, 2.05) is 48.2 Å². The summed E-state index contributed by atoms with van der Waals surface area (Å²) in [6.45, 7) is 5.43. The first-order valence-electron chi connectivity index (χ1n) is 9.40. The van der Waals surface area contributed by atoms with Crippen molar-refractivity contribution in [1.29, 1.82) is 0 Å². The number of nitrogens with zero attached hydrogens (tertiary/aromatic N) is 1. The molecule has 0 bridgehead atoms. The minimum atomic E-state index is -0.106. The van der Waals surface area contributed by atoms with Gasteiger partial charge in [-0.15, -0.1) is 0 Å². The van der Waals surface area contributed by atoms with E-state index < -0.39 is 0 Å². The van der Waals surface area contributed by atoms with Crippen LogP contribution in [0.3, 0.4) is 0 Å². The van der Waals surface area contributed by atoms with Crippen molar-refractivity contribution in [2.24, 2.45) is 0 Å². The molecule has 0 fully saturated rings. The highest BCUT2D eigenvalue weighted by Crippen LogP contribution is 2.23. The van der Waals surface area contributed by atoms with E-state index in [0.29, 0.717) is 18.5 Å². The Kier molecular flexibility index (Phi) is 5.71. The van der Waals surface area contributed by atoms with Crippen LogP contribution < -0.4 is 5.32 Å². The van der Waals surface area contributed by atoms with E-state index in [-0.39, 0.29) is 11.8 Å². The van der Waals surface area contributed by atoms with E-state index >= 15 is 0 Å². The molecule has 0 radical (unpaired) electrons. The van der Waals surface area contributed by atoms with Crippen molar-refractivity contribution in [1.82, 2.24) is 4.90 Å². The molecule has 0 aliphatic carbocycles. The summed E-state index contributed by atoms with van der Waals surface area (Å²) in [6.07, 6.45) is 3.52. The predicted molar refractivity (Wildman–Crippen MR) is 104 cm³/mol. The summed E-state index contributed by atoms with van der Waals surface area (Å²) in [7, 11) is 0. The van der Waals surface area contributed by atoms with Crippen molar-refractivity contribution in [2.75, 3.05) is 11.9 Å². The van der Waals surface area contributed by atoms with E-state index in [1.165, 1.54) is 11.1 Å². The molecule has 4 heteroatoms. The average molecular weight is 350 g/mol. The Morgan fingerprint density at radius 3 is 2.50 bits per heavy atom. The van der Waals surface area contributed by atoms with Crippen LogP contribution in [0.4, 0.5) is 5.69 Å². The van der Waals surface area contributed by atoms with Gasteiger partial charge in [0.2, 0.25) is 5.91 Å². The molecule has 3 rings (SSSR count). The maximum absolute atomic E-state index is 12.5. The van der Waals surface area contributed by atoms with E-state index in [9.17, 15) is 9.59 Å². The van der Waals surface area contributed by atoms with E-state index in [4.69, 9.17) is 0 Å². The van der Waals surface area contributed by atoms with Crippen LogP contribution in [0.15, 0.2) is 42.5 Å². The van der Waals surface area contributed by atoms with Crippen LogP contribution in [-0.2, 0) is 24.2 Å². The maximum atomic E-state index is 12.5. The molecule has 0 unspecified atom stereocenters. The lowest BCUT2D eigenvalue weighted by Gasteiger charge is -2.29. The molecule has 4 nitrogen and oxygen atoms in total. The molecule has 1 aliphatic rings. The molecular weight excluding hydrogens is 324 g/mol. The van der Waals surface area contributed by atoms with Gasteiger partial charge in [0.05, 0.1) is 0 Å². The third-order valence-corrected chi connectivity index (χ3v) is 4.89. The maximum Gasteiger partial charge on any atom is 0.255 e. The number of carbonyl (C=O) groups excluding carboxylic acids is 2. The van der Waals surface area contributed by atoms with Crippen LogP contribution in [0.5, 0.6) is 0 Å². The highest BCUT2D eigenvalue weighted by atomic mass is 16.2. The molecule has 1 heterocycles. The molecule has 1 N–H and O–H groups in total. The topological polar surface area (TPSA) is 49.4 Å². The highest BCUT2D eigenvalue weighted by molar-refractivity contribution is 6.04. The van der Waals surface area contributed by atoms with E-state index in [0.717, 1.165) is 37.1 Å². The summed E-state index contributed by atoms with van der Waals surface area (Å²) in [5.41, 5.74) is 5.06. The number of hydrogen-bond donors (Lipinski definition) is 1. The number of benzene rings is 2. The van der Waals surface area contributed by atoms with Crippen LogP contribution in [0, 0.1) is 0 Å². The second-order valence-corrected chi connectivity index (χ2v) is 6.80. The Hall–Kier alpha value is -2.62. The van der Waals surface area contributed by atoms with Gasteiger partial charge < -0.3 is 10.2 Å². The fraction of sp³-hybridized carbons (Fsp3) is 0.364. The van der Waals surface area contributed by atoms with Crippen LogP contribution >= 0.6 is 0 Å². The quantitative estimate of drug-likeness (QED) is 0.879. The molecule has 0 atom stereocenters. The van der Waals surface area contributed by atoms with Gasteiger partial charge in [0.1, 0.15) is 0 Å². The average Bonchev–Trinajstić information content (AvgIpc) is 2.67. The molecule has 0 spiro atoms. The molecule has 2 aromatic carbocycles. The van der Waals surface area contributed by atoms with Crippen LogP contribution in [0.1, 0.15) is 53.7 Å². The zero-order valence-electron chi connectivity index (χ0n) is 15.5. The van der Waals surface area contributed by atoms with Crippen molar-refractivity contribution in [3.05, 3.63) is 64.7 Å². The first kappa shape index (κ1) is 18.2. The van der Waals surface area contributed by atoms with Gasteiger partial charge in [-0.3, -0.25) is 9.59 Å². The zero-order valence-corrected chi connectivity index (χ0v) is 15.5. The minimum Gasteiger partial charge on any atom is -0.338 e. The molecule has 136 valence electrons. The van der Waals surface area contributed by atoms with Crippen LogP contribution in [-0.4, -0.2) is 23.3 Å². The van der Waals surface area contributed by atoms with E-state index in [1.54, 1.807) is 0 Å². The first-order chi connectivity index (χ1) is 12.6. The fourth-order valence-electron chi connectivity index (χ4n) is 3.39. The van der Waals surface area contributed by atoms with E-state index in [2.05, 4.69) is 18.3 Å². The van der Waals surface area contributed by atoms with Gasteiger partial charge >= 0.3 is 0 Å². The first-order valence-corrected chi connectivity index (χ1v) is 9.40. The monoisotopic (exact) mass is 350 g/mol. The van der Waals surface area contributed by atoms with Crippen molar-refractivity contribution in [3.8, 4) is 0 Å². The number of amides is 2. The predicted octanol–water partition coefficient (Wildman–Crippen LogP) is 4.19. The summed E-state index contributed by atoms with van der Waals surface area (Å²) in [4.78, 5) is 26.3. The summed E-state index contributed by atoms with van der Waals surface area (Å²) in [5, 5.41) is 2.98. The van der Waals surface area contributed by atoms with Gasteiger partial charge in [-0.2, -0.15) is 0 Å². The second kappa shape index (κ2) is 8.17. The largest absolute Gasteiger partial charge is 0.338 e. The SMILES string of the molecule is CCCc1ccc(C(=O)Nc2ccc3c(c2)CN(C(=O)CC)CC3)cc1. The van der Waals surface area contributed by atoms with Gasteiger partial charge in [-0.25, -0.2) is 0 Å². The van der Waals surface area contributed by atoms with Crippen molar-refractivity contribution >= 4 is 17.5 Å². The molecule has 2 amide bonds. The molecule has 26 heavy (non-hydrogen) atoms. The lowest BCUT2D eigenvalue weighted by Crippen LogP contribution is -2.35. The van der Waals surface area contributed by atoms with Crippen LogP contribution in [0.2, 0.25) is 0 Å². The Balaban J connectivity index is 1.70. The molecule has 0 saturated heterocycles. The Morgan fingerprint density at radius 2 is 1.81 bits per heavy atom. The van der Waals surface area contributed by atoms with Gasteiger partial charge in [0.15, 0.2) is 0 Å². The van der Waals surface area contributed by atoms with Crippen LogP contribution in [0.25, 0.3) is 0 Å². The normalized spacial score (nSPS) is 13.2. The Labute approximate surface area is 155 Å². The molecule has 1 aliphatic heterocycles. The summed E-state index contributed by atoms with van der Waals surface area (Å²) in [6, 6.07) is 13.8. The lowest BCUT2D eigenvalue weighted by atomic mass is 9.98. The van der Waals surface area contributed by atoms with Gasteiger partial charge in [-0.1, -0.05) is 38.5 Å². The van der Waals surface area contributed by atoms with Gasteiger partial charge in [0, 0.05) is 30.8 Å². The minimum absolute atomic E-state index is 0.106. The number of fused-ring (bicyclic) bond motifs is 1. The standard InChI is InChI=1S/C22H26N2O2/c1-3-5-16-6-8-18(9-7-16)22(26)23-20-11-10-17-12-13-24(21(25)4-2)15-19(17)14-20/h6-11,14H,3-5,12-13,15H2,1-2H3,(H,23,26). The third-order valence-electron chi connectivity index (χ3n) is 4.89. The molecule has 2 aromatic rings. The third kappa shape index (κ3) is 4.13. The van der Waals surface area contributed by atoms with Crippen molar-refractivity contribution in [3.63, 3.8) is 0 Å². The van der Waals surface area contributed by atoms with Gasteiger partial charge in [-0.05, 0) is 53.8 Å². The molecule has 0 saturated carbocycles. The number of carbonyl (C=O) groups is 2. The number of nitrogens with one attached hydrogen (secondary N) is 1. The Morgan fingerprint density at radius 1 is 1.04 bits per heavy atom. The smallest absolute Gasteiger partial charge is 0.255 e. The number of aryl methyl sites for hydroxylation is 1. The molecule has 0 aromatic heterocycles. The fourth-order valence-corrected chi connectivity index (χ4v) is 3.39. The summed E-state index contributed by atoms with van der Waals surface area (Å²) in [5.74, 6) is 0.0718. The summed E-state index contributed by atoms with van der Waals surface area (Å²) < 4.78 is 0. The second-order valence-electron chi connectivity index (χ2n) is 6.80. The summed E-state index contributed by atoms with van der Waals surface area (Å²) >= 11 is 0. The highest BCUT2D eigenvalue weighted by Gasteiger charge is 2.20. The number of hydrogen-bond acceptors (Lipinski definition) is 2. The zero-order chi connectivity index (χ0) is 18.5. The number of anilines is 1. The van der Waals surface area contributed by atoms with Crippen molar-refractivity contribution < 1.29 is 9.59 Å².